The molecule has 0 atom stereocenters. The highest BCUT2D eigenvalue weighted by Gasteiger charge is 2.10. The van der Waals surface area contributed by atoms with Crippen LogP contribution < -0.4 is 11.1 Å². The van der Waals surface area contributed by atoms with Gasteiger partial charge in [0.1, 0.15) is 5.69 Å². The number of rotatable bonds is 1. The number of nitrogens with one attached hydrogen (secondary N) is 1. The van der Waals surface area contributed by atoms with Crippen molar-refractivity contribution in [3.63, 3.8) is 0 Å². The topological polar surface area (TPSA) is 90.0 Å². The van der Waals surface area contributed by atoms with Crippen molar-refractivity contribution in [1.82, 2.24) is 14.9 Å². The molecule has 6 heteroatoms. The van der Waals surface area contributed by atoms with Crippen LogP contribution in [-0.4, -0.2) is 21.5 Å². The number of imidazole rings is 1. The SMILES string of the molecule is Cn1cncc1C(=O)NC(N)=O. The van der Waals surface area contributed by atoms with Crippen molar-refractivity contribution >= 4 is 11.9 Å². The molecule has 0 unspecified atom stereocenters. The second-order valence-corrected chi connectivity index (χ2v) is 2.21. The molecule has 0 aliphatic heterocycles. The zero-order valence-electron chi connectivity index (χ0n) is 6.44. The summed E-state index contributed by atoms with van der Waals surface area (Å²) >= 11 is 0. The lowest BCUT2D eigenvalue weighted by molar-refractivity contribution is 0.0958. The largest absolute Gasteiger partial charge is 0.351 e. The number of amides is 3. The summed E-state index contributed by atoms with van der Waals surface area (Å²) in [6, 6.07) is -0.874. The highest BCUT2D eigenvalue weighted by molar-refractivity contribution is 6.02. The van der Waals surface area contributed by atoms with Gasteiger partial charge in [0.05, 0.1) is 12.5 Å². The minimum absolute atomic E-state index is 0.286. The molecule has 1 aromatic heterocycles. The molecule has 3 amide bonds. The maximum absolute atomic E-state index is 11.1. The maximum Gasteiger partial charge on any atom is 0.319 e. The number of aryl methyl sites for hydroxylation is 1. The summed E-state index contributed by atoms with van der Waals surface area (Å²) in [6.45, 7) is 0. The summed E-state index contributed by atoms with van der Waals surface area (Å²) in [5.74, 6) is -0.553. The van der Waals surface area contributed by atoms with E-state index in [-0.39, 0.29) is 5.69 Å². The van der Waals surface area contributed by atoms with Crippen molar-refractivity contribution in [3.8, 4) is 0 Å². The molecule has 0 saturated carbocycles. The quantitative estimate of drug-likeness (QED) is 0.576. The molecule has 64 valence electrons. The molecule has 0 aliphatic rings. The van der Waals surface area contributed by atoms with Crippen LogP contribution in [0.3, 0.4) is 0 Å². The van der Waals surface area contributed by atoms with E-state index in [0.29, 0.717) is 0 Å². The number of aromatic nitrogens is 2. The second kappa shape index (κ2) is 3.04. The Kier molecular flexibility index (Phi) is 2.09. The Labute approximate surface area is 68.4 Å². The van der Waals surface area contributed by atoms with Crippen molar-refractivity contribution in [3.05, 3.63) is 18.2 Å². The Morgan fingerprint density at radius 3 is 2.75 bits per heavy atom. The number of carbonyl (C=O) groups is 2. The minimum Gasteiger partial charge on any atom is -0.351 e. The van der Waals surface area contributed by atoms with Gasteiger partial charge in [-0.05, 0) is 0 Å². The molecule has 0 aliphatic carbocycles. The van der Waals surface area contributed by atoms with E-state index < -0.39 is 11.9 Å². The first-order chi connectivity index (χ1) is 5.61. The lowest BCUT2D eigenvalue weighted by atomic mass is 10.4. The van der Waals surface area contributed by atoms with Gasteiger partial charge in [-0.25, -0.2) is 9.78 Å². The Morgan fingerprint density at radius 2 is 2.33 bits per heavy atom. The van der Waals surface area contributed by atoms with Crippen LogP contribution in [0.25, 0.3) is 0 Å². The van der Waals surface area contributed by atoms with Crippen LogP contribution in [0.2, 0.25) is 0 Å². The highest BCUT2D eigenvalue weighted by atomic mass is 16.2. The number of hydrogen-bond donors (Lipinski definition) is 2. The van der Waals surface area contributed by atoms with Gasteiger partial charge in [0.25, 0.3) is 5.91 Å². The predicted octanol–water partition coefficient (Wildman–Crippen LogP) is -0.771. The number of nitrogens with zero attached hydrogens (tertiary/aromatic N) is 2. The zero-order chi connectivity index (χ0) is 9.14. The van der Waals surface area contributed by atoms with Crippen LogP contribution in [0, 0.1) is 0 Å². The summed E-state index contributed by atoms with van der Waals surface area (Å²) in [6.07, 6.45) is 2.80. The predicted molar refractivity (Wildman–Crippen MR) is 40.3 cm³/mol. The summed E-state index contributed by atoms with van der Waals surface area (Å²) < 4.78 is 1.48. The number of urea groups is 1. The molecule has 0 spiro atoms. The average molecular weight is 168 g/mol. The number of nitrogens with two attached hydrogens (primary N) is 1. The molecule has 1 heterocycles. The van der Waals surface area contributed by atoms with Crippen molar-refractivity contribution in [1.29, 1.82) is 0 Å². The Morgan fingerprint density at radius 1 is 1.67 bits per heavy atom. The molecule has 0 radical (unpaired) electrons. The molecular weight excluding hydrogens is 160 g/mol. The standard InChI is InChI=1S/C6H8N4O2/c1-10-3-8-2-4(10)5(11)9-6(7)12/h2-3H,1H3,(H3,7,9,11,12). The van der Waals surface area contributed by atoms with E-state index in [1.807, 2.05) is 5.32 Å². The molecule has 1 aromatic rings. The lowest BCUT2D eigenvalue weighted by Gasteiger charge is -1.99. The second-order valence-electron chi connectivity index (χ2n) is 2.21. The first-order valence-electron chi connectivity index (χ1n) is 3.18. The van der Waals surface area contributed by atoms with E-state index in [2.05, 4.69) is 4.98 Å². The number of carbonyl (C=O) groups excluding carboxylic acids is 2. The monoisotopic (exact) mass is 168 g/mol. The molecule has 12 heavy (non-hydrogen) atoms. The summed E-state index contributed by atoms with van der Waals surface area (Å²) in [4.78, 5) is 25.0. The molecule has 0 fully saturated rings. The van der Waals surface area contributed by atoms with Gasteiger partial charge in [-0.15, -0.1) is 0 Å². The van der Waals surface area contributed by atoms with Crippen molar-refractivity contribution in [2.45, 2.75) is 0 Å². The van der Waals surface area contributed by atoms with Crippen LogP contribution in [0.5, 0.6) is 0 Å². The molecule has 6 nitrogen and oxygen atoms in total. The van der Waals surface area contributed by atoms with Gasteiger partial charge in [0.2, 0.25) is 0 Å². The molecule has 3 N–H and O–H groups in total. The fraction of sp³-hybridized carbons (Fsp3) is 0.167. The van der Waals surface area contributed by atoms with Crippen molar-refractivity contribution in [2.75, 3.05) is 0 Å². The summed E-state index contributed by atoms with van der Waals surface area (Å²) in [5.41, 5.74) is 5.03. The van der Waals surface area contributed by atoms with E-state index in [4.69, 9.17) is 5.73 Å². The van der Waals surface area contributed by atoms with Gasteiger partial charge in [-0.3, -0.25) is 10.1 Å². The summed E-state index contributed by atoms with van der Waals surface area (Å²) in [5, 5.41) is 1.93. The third kappa shape index (κ3) is 1.60. The third-order valence-corrected chi connectivity index (χ3v) is 1.29. The first kappa shape index (κ1) is 8.25. The average Bonchev–Trinajstić information content (AvgIpc) is 2.33. The third-order valence-electron chi connectivity index (χ3n) is 1.29. The van der Waals surface area contributed by atoms with Crippen molar-refractivity contribution in [2.24, 2.45) is 12.8 Å². The molecular formula is C6H8N4O2. The Hall–Kier alpha value is -1.85. The van der Waals surface area contributed by atoms with Crippen molar-refractivity contribution < 1.29 is 9.59 Å². The van der Waals surface area contributed by atoms with E-state index >= 15 is 0 Å². The van der Waals surface area contributed by atoms with E-state index in [9.17, 15) is 9.59 Å². The zero-order valence-corrected chi connectivity index (χ0v) is 6.44. The van der Waals surface area contributed by atoms with Gasteiger partial charge in [0.15, 0.2) is 0 Å². The number of imide groups is 1. The first-order valence-corrected chi connectivity index (χ1v) is 3.18. The van der Waals surface area contributed by atoms with Crippen LogP contribution in [0.4, 0.5) is 4.79 Å². The minimum atomic E-state index is -0.874. The van der Waals surface area contributed by atoms with Gasteiger partial charge in [-0.1, -0.05) is 0 Å². The van der Waals surface area contributed by atoms with Crippen LogP contribution in [0.15, 0.2) is 12.5 Å². The summed E-state index contributed by atoms with van der Waals surface area (Å²) in [7, 11) is 1.64. The fourth-order valence-corrected chi connectivity index (χ4v) is 0.752. The smallest absolute Gasteiger partial charge is 0.319 e. The molecule has 0 saturated heterocycles. The van der Waals surface area contributed by atoms with Gasteiger partial charge in [0, 0.05) is 7.05 Å². The van der Waals surface area contributed by atoms with E-state index in [1.54, 1.807) is 7.05 Å². The Balaban J connectivity index is 2.78. The number of primary amides is 1. The maximum atomic E-state index is 11.1. The molecule has 0 aromatic carbocycles. The fourth-order valence-electron chi connectivity index (χ4n) is 0.752. The van der Waals surface area contributed by atoms with Gasteiger partial charge < -0.3 is 10.3 Å². The lowest BCUT2D eigenvalue weighted by Crippen LogP contribution is -2.35. The van der Waals surface area contributed by atoms with E-state index in [1.165, 1.54) is 17.1 Å². The number of hydrogen-bond acceptors (Lipinski definition) is 3. The van der Waals surface area contributed by atoms with Gasteiger partial charge in [-0.2, -0.15) is 0 Å². The van der Waals surface area contributed by atoms with Crippen LogP contribution in [0.1, 0.15) is 10.5 Å². The Bertz CT molecular complexity index is 317. The molecule has 1 rings (SSSR count). The van der Waals surface area contributed by atoms with Crippen LogP contribution in [-0.2, 0) is 7.05 Å². The normalized spacial score (nSPS) is 9.42. The molecule has 0 bridgehead atoms. The van der Waals surface area contributed by atoms with Gasteiger partial charge >= 0.3 is 6.03 Å². The van der Waals surface area contributed by atoms with E-state index in [0.717, 1.165) is 0 Å². The van der Waals surface area contributed by atoms with Crippen LogP contribution >= 0.6 is 0 Å². The highest BCUT2D eigenvalue weighted by Crippen LogP contribution is 1.94.